The van der Waals surface area contributed by atoms with E-state index in [9.17, 15) is 23.6 Å². The lowest BCUT2D eigenvalue weighted by atomic mass is 10.3. The van der Waals surface area contributed by atoms with Crippen LogP contribution in [0.15, 0.2) is 35.7 Å². The second-order valence-electron chi connectivity index (χ2n) is 4.05. The van der Waals surface area contributed by atoms with Gasteiger partial charge in [-0.05, 0) is 12.1 Å². The van der Waals surface area contributed by atoms with Crippen LogP contribution >= 0.6 is 0 Å². The third-order valence-corrected chi connectivity index (χ3v) is 4.52. The van der Waals surface area contributed by atoms with Gasteiger partial charge in [0.2, 0.25) is 10.0 Å². The molecule has 0 heterocycles. The molecule has 0 aliphatic carbocycles. The molecule has 0 saturated carbocycles. The first kappa shape index (κ1) is 17.1. The van der Waals surface area contributed by atoms with Crippen LogP contribution in [0.1, 0.15) is 0 Å². The molecular formula is C12H16N2O6S. The zero-order valence-corrected chi connectivity index (χ0v) is 12.2. The van der Waals surface area contributed by atoms with Gasteiger partial charge in [-0.15, -0.1) is 6.58 Å². The highest BCUT2D eigenvalue weighted by Gasteiger charge is 2.26. The molecule has 0 aliphatic rings. The molecule has 0 aromatic heterocycles. The monoisotopic (exact) mass is 316 g/mol. The average molecular weight is 316 g/mol. The second-order valence-corrected chi connectivity index (χ2v) is 5.99. The first-order chi connectivity index (χ1) is 9.84. The molecule has 0 bridgehead atoms. The molecule has 0 spiro atoms. The van der Waals surface area contributed by atoms with Crippen molar-refractivity contribution in [3.05, 3.63) is 41.0 Å². The lowest BCUT2D eigenvalue weighted by molar-refractivity contribution is -0.386. The Hall–Kier alpha value is -1.97. The summed E-state index contributed by atoms with van der Waals surface area (Å²) in [6, 6.07) is 2.92. The Morgan fingerprint density at radius 1 is 1.52 bits per heavy atom. The van der Waals surface area contributed by atoms with Gasteiger partial charge in [-0.3, -0.25) is 10.1 Å². The number of benzene rings is 1. The maximum absolute atomic E-state index is 12.4. The van der Waals surface area contributed by atoms with Crippen molar-refractivity contribution in [3.63, 3.8) is 0 Å². The standard InChI is InChI=1S/C12H16N2O6S/c1-3-6-13(7-8-20-2)21(18,19)10-4-5-12(15)11(9-10)14(16)17/h3-5,9,15H,1,6-8H2,2H3. The fourth-order valence-electron chi connectivity index (χ4n) is 1.61. The van der Waals surface area contributed by atoms with Crippen LogP contribution in [0, 0.1) is 10.1 Å². The van der Waals surface area contributed by atoms with Gasteiger partial charge in [-0.25, -0.2) is 8.42 Å². The second kappa shape index (κ2) is 7.16. The van der Waals surface area contributed by atoms with E-state index in [4.69, 9.17) is 4.74 Å². The molecule has 1 N–H and O–H groups in total. The Bertz CT molecular complexity index is 629. The summed E-state index contributed by atoms with van der Waals surface area (Å²) in [7, 11) is -2.51. The molecule has 116 valence electrons. The third kappa shape index (κ3) is 4.00. The van der Waals surface area contributed by atoms with E-state index < -0.39 is 26.4 Å². The van der Waals surface area contributed by atoms with Crippen LogP contribution in [0.5, 0.6) is 5.75 Å². The van der Waals surface area contributed by atoms with Crippen LogP contribution in [0.3, 0.4) is 0 Å². The van der Waals surface area contributed by atoms with E-state index in [1.54, 1.807) is 0 Å². The smallest absolute Gasteiger partial charge is 0.312 e. The Kier molecular flexibility index (Phi) is 5.82. The van der Waals surface area contributed by atoms with Gasteiger partial charge in [0.25, 0.3) is 0 Å². The van der Waals surface area contributed by atoms with Gasteiger partial charge in [-0.1, -0.05) is 6.08 Å². The minimum atomic E-state index is -3.94. The van der Waals surface area contributed by atoms with Crippen LogP contribution in [0.4, 0.5) is 5.69 Å². The van der Waals surface area contributed by atoms with Gasteiger partial charge in [0.15, 0.2) is 5.75 Å². The Morgan fingerprint density at radius 3 is 2.71 bits per heavy atom. The van der Waals surface area contributed by atoms with Crippen molar-refractivity contribution in [2.75, 3.05) is 26.8 Å². The average Bonchev–Trinajstić information content (AvgIpc) is 2.43. The summed E-state index contributed by atoms with van der Waals surface area (Å²) >= 11 is 0. The largest absolute Gasteiger partial charge is 0.502 e. The van der Waals surface area contributed by atoms with Gasteiger partial charge in [0.1, 0.15) is 0 Å². The number of phenolic OH excluding ortho intramolecular Hbond substituents is 1. The van der Waals surface area contributed by atoms with Crippen LogP contribution in [-0.2, 0) is 14.8 Å². The number of nitrogens with zero attached hydrogens (tertiary/aromatic N) is 2. The third-order valence-electron chi connectivity index (χ3n) is 2.66. The lowest BCUT2D eigenvalue weighted by Crippen LogP contribution is -2.34. The number of aromatic hydroxyl groups is 1. The summed E-state index contributed by atoms with van der Waals surface area (Å²) in [6.07, 6.45) is 1.40. The maximum atomic E-state index is 12.4. The van der Waals surface area contributed by atoms with Crippen LogP contribution in [0.25, 0.3) is 0 Å². The molecule has 0 unspecified atom stereocenters. The van der Waals surface area contributed by atoms with Crippen LogP contribution < -0.4 is 0 Å². The zero-order chi connectivity index (χ0) is 16.0. The summed E-state index contributed by atoms with van der Waals surface area (Å²) in [5, 5.41) is 20.1. The number of hydrogen-bond acceptors (Lipinski definition) is 6. The van der Waals surface area contributed by atoms with E-state index in [1.165, 1.54) is 13.2 Å². The van der Waals surface area contributed by atoms with E-state index in [1.807, 2.05) is 0 Å². The van der Waals surface area contributed by atoms with Crippen molar-refractivity contribution < 1.29 is 23.2 Å². The van der Waals surface area contributed by atoms with Crippen molar-refractivity contribution in [2.24, 2.45) is 0 Å². The number of nitro groups is 1. The Morgan fingerprint density at radius 2 is 2.19 bits per heavy atom. The minimum absolute atomic E-state index is 0.0420. The van der Waals surface area contributed by atoms with E-state index in [0.29, 0.717) is 0 Å². The molecule has 1 aromatic carbocycles. The van der Waals surface area contributed by atoms with Crippen molar-refractivity contribution in [3.8, 4) is 5.75 Å². The molecule has 0 amide bonds. The number of phenols is 1. The number of hydrogen-bond donors (Lipinski definition) is 1. The van der Waals surface area contributed by atoms with Crippen molar-refractivity contribution >= 4 is 15.7 Å². The van der Waals surface area contributed by atoms with E-state index in [0.717, 1.165) is 22.5 Å². The normalized spacial score (nSPS) is 11.5. The predicted molar refractivity (Wildman–Crippen MR) is 75.6 cm³/mol. The highest BCUT2D eigenvalue weighted by molar-refractivity contribution is 7.89. The summed E-state index contributed by atoms with van der Waals surface area (Å²) in [5.41, 5.74) is -0.665. The number of sulfonamides is 1. The summed E-state index contributed by atoms with van der Waals surface area (Å²) in [4.78, 5) is 9.65. The fraction of sp³-hybridized carbons (Fsp3) is 0.333. The van der Waals surface area contributed by atoms with Gasteiger partial charge < -0.3 is 9.84 Å². The predicted octanol–water partition coefficient (Wildman–Crippen LogP) is 1.12. The van der Waals surface area contributed by atoms with Gasteiger partial charge in [-0.2, -0.15) is 4.31 Å². The number of nitro benzene ring substituents is 1. The number of rotatable bonds is 8. The summed E-state index contributed by atoms with van der Waals surface area (Å²) in [5.74, 6) is -0.592. The zero-order valence-electron chi connectivity index (χ0n) is 11.4. The molecule has 8 nitrogen and oxygen atoms in total. The quantitative estimate of drug-likeness (QED) is 0.437. The van der Waals surface area contributed by atoms with Gasteiger partial charge >= 0.3 is 5.69 Å². The van der Waals surface area contributed by atoms with E-state index in [-0.39, 0.29) is 24.6 Å². The van der Waals surface area contributed by atoms with Gasteiger partial charge in [0.05, 0.1) is 16.4 Å². The lowest BCUT2D eigenvalue weighted by Gasteiger charge is -2.20. The van der Waals surface area contributed by atoms with Crippen molar-refractivity contribution in [1.82, 2.24) is 4.31 Å². The number of methoxy groups -OCH3 is 1. The topological polar surface area (TPSA) is 110 Å². The molecule has 0 saturated heterocycles. The molecule has 21 heavy (non-hydrogen) atoms. The first-order valence-electron chi connectivity index (χ1n) is 5.92. The Balaban J connectivity index is 3.24. The van der Waals surface area contributed by atoms with E-state index >= 15 is 0 Å². The molecule has 9 heteroatoms. The van der Waals surface area contributed by atoms with Crippen LogP contribution in [0.2, 0.25) is 0 Å². The molecule has 0 aliphatic heterocycles. The van der Waals surface area contributed by atoms with Crippen LogP contribution in [-0.4, -0.2) is 49.6 Å². The first-order valence-corrected chi connectivity index (χ1v) is 7.36. The van der Waals surface area contributed by atoms with Crippen molar-refractivity contribution in [1.29, 1.82) is 0 Å². The molecule has 0 atom stereocenters. The SMILES string of the molecule is C=CCN(CCOC)S(=O)(=O)c1ccc(O)c([N+](=O)[O-])c1. The molecule has 0 radical (unpaired) electrons. The molecule has 1 aromatic rings. The highest BCUT2D eigenvalue weighted by atomic mass is 32.2. The maximum Gasteiger partial charge on any atom is 0.312 e. The van der Waals surface area contributed by atoms with Crippen molar-refractivity contribution in [2.45, 2.75) is 4.90 Å². The van der Waals surface area contributed by atoms with Gasteiger partial charge in [0, 0.05) is 26.3 Å². The fourth-order valence-corrected chi connectivity index (χ4v) is 3.02. The summed E-state index contributed by atoms with van der Waals surface area (Å²) in [6.45, 7) is 3.78. The summed E-state index contributed by atoms with van der Waals surface area (Å²) < 4.78 is 30.8. The Labute approximate surface area is 122 Å². The van der Waals surface area contributed by atoms with E-state index in [2.05, 4.69) is 6.58 Å². The highest BCUT2D eigenvalue weighted by Crippen LogP contribution is 2.29. The number of ether oxygens (including phenoxy) is 1. The molecule has 1 rings (SSSR count). The molecular weight excluding hydrogens is 300 g/mol. The molecule has 0 fully saturated rings. The minimum Gasteiger partial charge on any atom is -0.502 e.